The third kappa shape index (κ3) is 4.87. The first-order chi connectivity index (χ1) is 12.8. The first-order valence-corrected chi connectivity index (χ1v) is 8.33. The van der Waals surface area contributed by atoms with Gasteiger partial charge in [-0.2, -0.15) is 13.2 Å². The Hall–Kier alpha value is -2.84. The van der Waals surface area contributed by atoms with E-state index in [-0.39, 0.29) is 18.4 Å². The molecule has 1 aliphatic heterocycles. The maximum Gasteiger partial charge on any atom is 0.416 e. The molecule has 1 unspecified atom stereocenters. The van der Waals surface area contributed by atoms with Crippen molar-refractivity contribution in [1.82, 2.24) is 15.1 Å². The van der Waals surface area contributed by atoms with E-state index in [2.05, 4.69) is 10.2 Å². The molecule has 1 fully saturated rings. The molecule has 0 aliphatic carbocycles. The molecule has 6 nitrogen and oxygen atoms in total. The minimum absolute atomic E-state index is 0.0843. The van der Waals surface area contributed by atoms with E-state index in [9.17, 15) is 18.0 Å². The van der Waals surface area contributed by atoms with Gasteiger partial charge in [-0.25, -0.2) is 0 Å². The van der Waals surface area contributed by atoms with Crippen molar-refractivity contribution in [3.8, 4) is 11.8 Å². The fourth-order valence-electron chi connectivity index (χ4n) is 2.85. The van der Waals surface area contributed by atoms with Crippen LogP contribution in [0.3, 0.4) is 0 Å². The van der Waals surface area contributed by atoms with E-state index < -0.39 is 11.7 Å². The number of aromatic nitrogens is 2. The number of carbonyl (C=O) groups excluding carboxylic acids is 1. The molecule has 27 heavy (non-hydrogen) atoms. The van der Waals surface area contributed by atoms with Crippen molar-refractivity contribution < 1.29 is 27.4 Å². The second kappa shape index (κ2) is 7.81. The average Bonchev–Trinajstić information content (AvgIpc) is 3.10. The van der Waals surface area contributed by atoms with Gasteiger partial charge in [0.2, 0.25) is 17.7 Å². The van der Waals surface area contributed by atoms with E-state index in [1.54, 1.807) is 17.0 Å². The van der Waals surface area contributed by atoms with Gasteiger partial charge in [0.05, 0.1) is 25.6 Å². The van der Waals surface area contributed by atoms with Gasteiger partial charge < -0.3 is 14.4 Å². The molecule has 0 radical (unpaired) electrons. The molecule has 1 saturated heterocycles. The third-order valence-corrected chi connectivity index (χ3v) is 4.22. The summed E-state index contributed by atoms with van der Waals surface area (Å²) in [6.45, 7) is 0.831. The second-order valence-electron chi connectivity index (χ2n) is 6.16. The number of ether oxygens (including phenoxy) is 2. The standard InChI is InChI=1S/C18H18F3N3O3/c1-26-15-5-6-16(23-22-15)27-14-7-8-24(11-14)17(25)10-12-3-2-4-13(9-12)18(19,20)21/h2-6,9,14H,7-8,10-11H2,1H3. The van der Waals surface area contributed by atoms with Crippen LogP contribution in [0, 0.1) is 0 Å². The quantitative estimate of drug-likeness (QED) is 0.797. The predicted octanol–water partition coefficient (Wildman–Crippen LogP) is 2.73. The number of alkyl halides is 3. The van der Waals surface area contributed by atoms with Crippen LogP contribution in [0.1, 0.15) is 17.5 Å². The molecule has 0 saturated carbocycles. The maximum absolute atomic E-state index is 12.8. The predicted molar refractivity (Wildman–Crippen MR) is 89.3 cm³/mol. The van der Waals surface area contributed by atoms with Crippen molar-refractivity contribution in [2.45, 2.75) is 25.1 Å². The molecule has 1 amide bonds. The van der Waals surface area contributed by atoms with Gasteiger partial charge in [0, 0.05) is 25.1 Å². The molecule has 2 heterocycles. The lowest BCUT2D eigenvalue weighted by Crippen LogP contribution is -2.32. The van der Waals surface area contributed by atoms with E-state index in [1.807, 2.05) is 0 Å². The molecule has 2 aromatic rings. The lowest BCUT2D eigenvalue weighted by Gasteiger charge is -2.17. The number of carbonyl (C=O) groups is 1. The van der Waals surface area contributed by atoms with Crippen LogP contribution in [0.5, 0.6) is 11.8 Å². The van der Waals surface area contributed by atoms with Crippen molar-refractivity contribution in [3.05, 3.63) is 47.5 Å². The summed E-state index contributed by atoms with van der Waals surface area (Å²) in [7, 11) is 1.48. The monoisotopic (exact) mass is 381 g/mol. The minimum Gasteiger partial charge on any atom is -0.480 e. The fourth-order valence-corrected chi connectivity index (χ4v) is 2.85. The lowest BCUT2D eigenvalue weighted by molar-refractivity contribution is -0.138. The van der Waals surface area contributed by atoms with Crippen LogP contribution in [-0.2, 0) is 17.4 Å². The average molecular weight is 381 g/mol. The van der Waals surface area contributed by atoms with Gasteiger partial charge in [0.15, 0.2) is 0 Å². The number of nitrogens with zero attached hydrogens (tertiary/aromatic N) is 3. The molecule has 0 bridgehead atoms. The highest BCUT2D eigenvalue weighted by molar-refractivity contribution is 5.79. The molecule has 3 rings (SSSR count). The molecule has 1 aromatic carbocycles. The Labute approximate surface area is 153 Å². The highest BCUT2D eigenvalue weighted by Crippen LogP contribution is 2.29. The van der Waals surface area contributed by atoms with E-state index in [0.29, 0.717) is 36.8 Å². The first kappa shape index (κ1) is 18.9. The van der Waals surface area contributed by atoms with Gasteiger partial charge in [-0.05, 0) is 11.6 Å². The van der Waals surface area contributed by atoms with Crippen molar-refractivity contribution >= 4 is 5.91 Å². The zero-order chi connectivity index (χ0) is 19.4. The number of hydrogen-bond donors (Lipinski definition) is 0. The molecule has 0 N–H and O–H groups in total. The van der Waals surface area contributed by atoms with Gasteiger partial charge in [0.1, 0.15) is 6.10 Å². The molecule has 0 spiro atoms. The summed E-state index contributed by atoms with van der Waals surface area (Å²) in [6, 6.07) is 8.07. The summed E-state index contributed by atoms with van der Waals surface area (Å²) in [4.78, 5) is 14.0. The summed E-state index contributed by atoms with van der Waals surface area (Å²) >= 11 is 0. The summed E-state index contributed by atoms with van der Waals surface area (Å²) in [6.07, 6.45) is -4.13. The van der Waals surface area contributed by atoms with Gasteiger partial charge in [-0.3, -0.25) is 4.79 Å². The van der Waals surface area contributed by atoms with Gasteiger partial charge in [-0.1, -0.05) is 18.2 Å². The van der Waals surface area contributed by atoms with E-state index in [0.717, 1.165) is 12.1 Å². The lowest BCUT2D eigenvalue weighted by atomic mass is 10.1. The number of halogens is 3. The Morgan fingerprint density at radius 2 is 1.96 bits per heavy atom. The normalized spacial score (nSPS) is 17.0. The number of methoxy groups -OCH3 is 1. The number of likely N-dealkylation sites (tertiary alicyclic amines) is 1. The van der Waals surface area contributed by atoms with Crippen molar-refractivity contribution in [2.75, 3.05) is 20.2 Å². The smallest absolute Gasteiger partial charge is 0.416 e. The topological polar surface area (TPSA) is 64.6 Å². The van der Waals surface area contributed by atoms with Gasteiger partial charge in [-0.15, -0.1) is 10.2 Å². The van der Waals surface area contributed by atoms with Crippen LogP contribution in [0.25, 0.3) is 0 Å². The Morgan fingerprint density at radius 3 is 2.63 bits per heavy atom. The van der Waals surface area contributed by atoms with Crippen LogP contribution in [0.2, 0.25) is 0 Å². The summed E-state index contributed by atoms with van der Waals surface area (Å²) in [5.41, 5.74) is -0.422. The Bertz CT molecular complexity index is 796. The zero-order valence-electron chi connectivity index (χ0n) is 14.6. The Kier molecular flexibility index (Phi) is 5.48. The first-order valence-electron chi connectivity index (χ1n) is 8.33. The molecule has 1 aliphatic rings. The van der Waals surface area contributed by atoms with Gasteiger partial charge >= 0.3 is 6.18 Å². The summed E-state index contributed by atoms with van der Waals surface area (Å²) in [5, 5.41) is 7.68. The molecule has 9 heteroatoms. The number of benzene rings is 1. The van der Waals surface area contributed by atoms with Crippen LogP contribution in [0.4, 0.5) is 13.2 Å². The molecular weight excluding hydrogens is 363 g/mol. The summed E-state index contributed by atoms with van der Waals surface area (Å²) in [5.74, 6) is 0.459. The van der Waals surface area contributed by atoms with E-state index >= 15 is 0 Å². The molecular formula is C18H18F3N3O3. The minimum atomic E-state index is -4.43. The van der Waals surface area contributed by atoms with Gasteiger partial charge in [0.25, 0.3) is 0 Å². The highest BCUT2D eigenvalue weighted by atomic mass is 19.4. The maximum atomic E-state index is 12.8. The molecule has 1 aromatic heterocycles. The fraction of sp³-hybridized carbons (Fsp3) is 0.389. The zero-order valence-corrected chi connectivity index (χ0v) is 14.6. The van der Waals surface area contributed by atoms with Crippen LogP contribution in [0.15, 0.2) is 36.4 Å². The van der Waals surface area contributed by atoms with Crippen LogP contribution < -0.4 is 9.47 Å². The third-order valence-electron chi connectivity index (χ3n) is 4.22. The number of amides is 1. The number of rotatable bonds is 5. The van der Waals surface area contributed by atoms with E-state index in [1.165, 1.54) is 19.2 Å². The van der Waals surface area contributed by atoms with Crippen molar-refractivity contribution in [2.24, 2.45) is 0 Å². The Morgan fingerprint density at radius 1 is 1.22 bits per heavy atom. The Balaban J connectivity index is 1.56. The van der Waals surface area contributed by atoms with Crippen molar-refractivity contribution in [1.29, 1.82) is 0 Å². The molecule has 144 valence electrons. The largest absolute Gasteiger partial charge is 0.480 e. The summed E-state index contributed by atoms with van der Waals surface area (Å²) < 4.78 is 49.0. The SMILES string of the molecule is COc1ccc(OC2CCN(C(=O)Cc3cccc(C(F)(F)F)c3)C2)nn1. The molecule has 1 atom stereocenters. The van der Waals surface area contributed by atoms with Crippen LogP contribution in [-0.4, -0.2) is 47.3 Å². The van der Waals surface area contributed by atoms with Crippen molar-refractivity contribution in [3.63, 3.8) is 0 Å². The second-order valence-corrected chi connectivity index (χ2v) is 6.16. The highest BCUT2D eigenvalue weighted by Gasteiger charge is 2.31. The van der Waals surface area contributed by atoms with Crippen LogP contribution >= 0.6 is 0 Å². The number of hydrogen-bond acceptors (Lipinski definition) is 5. The van der Waals surface area contributed by atoms with E-state index in [4.69, 9.17) is 9.47 Å².